The van der Waals surface area contributed by atoms with E-state index in [2.05, 4.69) is 39.1 Å². The quantitative estimate of drug-likeness (QED) is 0.467. The summed E-state index contributed by atoms with van der Waals surface area (Å²) >= 11 is 0. The van der Waals surface area contributed by atoms with Crippen LogP contribution in [-0.4, -0.2) is 54.7 Å². The van der Waals surface area contributed by atoms with Gasteiger partial charge in [0.1, 0.15) is 0 Å². The molecule has 0 aromatic heterocycles. The zero-order chi connectivity index (χ0) is 15.1. The van der Waals surface area contributed by atoms with Crippen molar-refractivity contribution < 1.29 is 0 Å². The lowest BCUT2D eigenvalue weighted by molar-refractivity contribution is 0.132. The van der Waals surface area contributed by atoms with E-state index in [-0.39, 0.29) is 5.96 Å². The average molecular weight is 288 g/mol. The highest BCUT2D eigenvalue weighted by Gasteiger charge is 2.15. The molecule has 6 heteroatoms. The first-order valence-electron chi connectivity index (χ1n) is 7.33. The molecule has 114 valence electrons. The molecule has 1 heterocycles. The van der Waals surface area contributed by atoms with E-state index in [0.717, 1.165) is 44.8 Å². The molecule has 0 aliphatic carbocycles. The third kappa shape index (κ3) is 5.17. The van der Waals surface area contributed by atoms with Gasteiger partial charge in [-0.3, -0.25) is 4.90 Å². The first-order valence-corrected chi connectivity index (χ1v) is 7.33. The smallest absolute Gasteiger partial charge is 0.211 e. The molecule has 1 aromatic rings. The number of benzene rings is 1. The van der Waals surface area contributed by atoms with Crippen molar-refractivity contribution in [2.45, 2.75) is 13.5 Å². The minimum Gasteiger partial charge on any atom is -0.369 e. The number of nitrogens with zero attached hydrogens (tertiary/aromatic N) is 4. The van der Waals surface area contributed by atoms with Crippen LogP contribution in [0.3, 0.4) is 0 Å². The van der Waals surface area contributed by atoms with E-state index in [4.69, 9.17) is 11.5 Å². The third-order valence-electron chi connectivity index (χ3n) is 3.65. The Labute approximate surface area is 126 Å². The Morgan fingerprint density at radius 2 is 1.90 bits per heavy atom. The van der Waals surface area contributed by atoms with Crippen molar-refractivity contribution in [2.75, 3.05) is 32.7 Å². The number of hydrogen-bond acceptors (Lipinski definition) is 4. The van der Waals surface area contributed by atoms with Crippen LogP contribution in [0.15, 0.2) is 34.5 Å². The molecular formula is C15H24N6. The monoisotopic (exact) mass is 288 g/mol. The molecule has 2 rings (SSSR count). The minimum atomic E-state index is -0.0313. The van der Waals surface area contributed by atoms with E-state index in [9.17, 15) is 0 Å². The number of guanidine groups is 1. The Kier molecular flexibility index (Phi) is 5.71. The molecule has 6 nitrogen and oxygen atoms in total. The van der Waals surface area contributed by atoms with Gasteiger partial charge in [-0.1, -0.05) is 25.1 Å². The molecule has 1 aliphatic heterocycles. The highest BCUT2D eigenvalue weighted by atomic mass is 15.3. The van der Waals surface area contributed by atoms with E-state index >= 15 is 0 Å². The van der Waals surface area contributed by atoms with Gasteiger partial charge in [-0.2, -0.15) is 5.10 Å². The molecule has 1 aliphatic rings. The molecule has 21 heavy (non-hydrogen) atoms. The van der Waals surface area contributed by atoms with Gasteiger partial charge in [-0.15, -0.1) is 5.10 Å². The zero-order valence-corrected chi connectivity index (χ0v) is 12.6. The Balaban J connectivity index is 1.92. The van der Waals surface area contributed by atoms with E-state index in [0.29, 0.717) is 0 Å². The topological polar surface area (TPSA) is 83.2 Å². The Morgan fingerprint density at radius 3 is 2.57 bits per heavy atom. The average Bonchev–Trinajstić information content (AvgIpc) is 2.48. The fourth-order valence-electron chi connectivity index (χ4n) is 2.46. The molecule has 1 aromatic carbocycles. The van der Waals surface area contributed by atoms with E-state index in [1.165, 1.54) is 5.56 Å². The molecule has 1 fully saturated rings. The van der Waals surface area contributed by atoms with Gasteiger partial charge in [0.25, 0.3) is 0 Å². The molecule has 4 N–H and O–H groups in total. The summed E-state index contributed by atoms with van der Waals surface area (Å²) in [5, 5.41) is 7.45. The predicted octanol–water partition coefficient (Wildman–Crippen LogP) is 0.431. The summed E-state index contributed by atoms with van der Waals surface area (Å²) in [5.41, 5.74) is 12.8. The predicted molar refractivity (Wildman–Crippen MR) is 87.2 cm³/mol. The molecule has 0 amide bonds. The minimum absolute atomic E-state index is 0.0313. The lowest BCUT2D eigenvalue weighted by atomic mass is 10.1. The number of piperazine rings is 1. The first kappa shape index (κ1) is 15.5. The third-order valence-corrected chi connectivity index (χ3v) is 3.65. The normalized spacial score (nSPS) is 17.2. The van der Waals surface area contributed by atoms with Crippen LogP contribution < -0.4 is 11.5 Å². The molecular weight excluding hydrogens is 264 g/mol. The SMILES string of the molecule is CCN1CCN(Cc2cccc(C=NN=C(N)N)c2)CC1. The van der Waals surface area contributed by atoms with Gasteiger partial charge in [-0.25, -0.2) is 0 Å². The standard InChI is InChI=1S/C15H24N6/c1-2-20-6-8-21(9-7-20)12-14-5-3-4-13(10-14)11-18-19-15(16)17/h3-5,10-11H,2,6-9,12H2,1H3,(H4,16,17,19). The molecule has 0 unspecified atom stereocenters. The molecule has 0 saturated carbocycles. The number of rotatable bonds is 5. The van der Waals surface area contributed by atoms with E-state index in [1.807, 2.05) is 12.1 Å². The maximum Gasteiger partial charge on any atom is 0.211 e. The van der Waals surface area contributed by atoms with Crippen molar-refractivity contribution in [3.63, 3.8) is 0 Å². The molecule has 0 atom stereocenters. The highest BCUT2D eigenvalue weighted by molar-refractivity contribution is 5.81. The Morgan fingerprint density at radius 1 is 1.19 bits per heavy atom. The van der Waals surface area contributed by atoms with Gasteiger partial charge < -0.3 is 16.4 Å². The van der Waals surface area contributed by atoms with Crippen LogP contribution in [0.1, 0.15) is 18.1 Å². The van der Waals surface area contributed by atoms with Crippen LogP contribution in [0.25, 0.3) is 0 Å². The number of likely N-dealkylation sites (N-methyl/N-ethyl adjacent to an activating group) is 1. The fraction of sp³-hybridized carbons (Fsp3) is 0.467. The van der Waals surface area contributed by atoms with Gasteiger partial charge in [-0.05, 0) is 23.7 Å². The summed E-state index contributed by atoms with van der Waals surface area (Å²) in [6.07, 6.45) is 1.66. The van der Waals surface area contributed by atoms with Crippen LogP contribution in [0, 0.1) is 0 Å². The molecule has 1 saturated heterocycles. The van der Waals surface area contributed by atoms with Gasteiger partial charge in [0.2, 0.25) is 5.96 Å². The highest BCUT2D eigenvalue weighted by Crippen LogP contribution is 2.10. The Bertz CT molecular complexity index is 499. The van der Waals surface area contributed by atoms with Crippen molar-refractivity contribution >= 4 is 12.2 Å². The van der Waals surface area contributed by atoms with Crippen LogP contribution in [0.4, 0.5) is 0 Å². The second kappa shape index (κ2) is 7.75. The second-order valence-electron chi connectivity index (χ2n) is 5.22. The van der Waals surface area contributed by atoms with Crippen LogP contribution in [0.5, 0.6) is 0 Å². The van der Waals surface area contributed by atoms with Crippen molar-refractivity contribution in [1.29, 1.82) is 0 Å². The van der Waals surface area contributed by atoms with Gasteiger partial charge in [0.05, 0.1) is 6.21 Å². The van der Waals surface area contributed by atoms with Crippen LogP contribution in [0.2, 0.25) is 0 Å². The Hall–Kier alpha value is -1.92. The van der Waals surface area contributed by atoms with Gasteiger partial charge in [0, 0.05) is 32.7 Å². The van der Waals surface area contributed by atoms with Gasteiger partial charge in [0.15, 0.2) is 0 Å². The van der Waals surface area contributed by atoms with Crippen LogP contribution >= 0.6 is 0 Å². The van der Waals surface area contributed by atoms with E-state index in [1.54, 1.807) is 6.21 Å². The maximum absolute atomic E-state index is 5.24. The summed E-state index contributed by atoms with van der Waals surface area (Å²) in [7, 11) is 0. The van der Waals surface area contributed by atoms with Crippen molar-refractivity contribution in [3.8, 4) is 0 Å². The summed E-state index contributed by atoms with van der Waals surface area (Å²) in [6.45, 7) is 8.89. The molecule has 0 radical (unpaired) electrons. The van der Waals surface area contributed by atoms with Gasteiger partial charge >= 0.3 is 0 Å². The van der Waals surface area contributed by atoms with Crippen molar-refractivity contribution in [2.24, 2.45) is 21.7 Å². The lowest BCUT2D eigenvalue weighted by Crippen LogP contribution is -2.45. The second-order valence-corrected chi connectivity index (χ2v) is 5.22. The molecule has 0 bridgehead atoms. The summed E-state index contributed by atoms with van der Waals surface area (Å²) < 4.78 is 0. The van der Waals surface area contributed by atoms with E-state index < -0.39 is 0 Å². The zero-order valence-electron chi connectivity index (χ0n) is 12.6. The largest absolute Gasteiger partial charge is 0.369 e. The summed E-state index contributed by atoms with van der Waals surface area (Å²) in [6, 6.07) is 8.29. The van der Waals surface area contributed by atoms with Crippen LogP contribution in [-0.2, 0) is 6.54 Å². The lowest BCUT2D eigenvalue weighted by Gasteiger charge is -2.34. The number of hydrogen-bond donors (Lipinski definition) is 2. The van der Waals surface area contributed by atoms with Crippen molar-refractivity contribution in [1.82, 2.24) is 9.80 Å². The first-order chi connectivity index (χ1) is 10.2. The summed E-state index contributed by atoms with van der Waals surface area (Å²) in [4.78, 5) is 4.97. The molecule has 0 spiro atoms. The number of nitrogens with two attached hydrogens (primary N) is 2. The summed E-state index contributed by atoms with van der Waals surface area (Å²) in [5.74, 6) is -0.0313. The fourth-order valence-corrected chi connectivity index (χ4v) is 2.46. The maximum atomic E-state index is 5.24. The van der Waals surface area contributed by atoms with Crippen molar-refractivity contribution in [3.05, 3.63) is 35.4 Å².